The zero-order valence-electron chi connectivity index (χ0n) is 17.6. The maximum atomic E-state index is 13.0. The molecule has 0 bridgehead atoms. The third-order valence-corrected chi connectivity index (χ3v) is 4.41. The maximum Gasteiger partial charge on any atom is 0.408 e. The van der Waals surface area contributed by atoms with Gasteiger partial charge in [-0.2, -0.15) is 0 Å². The Hall–Kier alpha value is -3.81. The number of carboxylic acid groups (broad SMARTS) is 1. The van der Waals surface area contributed by atoms with E-state index in [0.29, 0.717) is 16.6 Å². The van der Waals surface area contributed by atoms with E-state index in [-0.39, 0.29) is 12.1 Å². The number of hydrogen-bond donors (Lipinski definition) is 4. The van der Waals surface area contributed by atoms with E-state index in [1.165, 1.54) is 6.07 Å². The van der Waals surface area contributed by atoms with Gasteiger partial charge >= 0.3 is 12.1 Å². The molecule has 162 valence electrons. The number of hydrogen-bond acceptors (Lipinski definition) is 4. The van der Waals surface area contributed by atoms with E-state index < -0.39 is 29.6 Å². The highest BCUT2D eigenvalue weighted by atomic mass is 16.6. The molecule has 0 radical (unpaired) electrons. The third-order valence-electron chi connectivity index (χ3n) is 4.41. The minimum atomic E-state index is -1.06. The number of alkyl carbamates (subject to hydrolysis) is 1. The Kier molecular flexibility index (Phi) is 6.29. The molecule has 2 amide bonds. The molecule has 3 aromatic rings. The van der Waals surface area contributed by atoms with Gasteiger partial charge < -0.3 is 25.5 Å². The number of rotatable bonds is 6. The van der Waals surface area contributed by atoms with Gasteiger partial charge in [-0.15, -0.1) is 0 Å². The molecule has 0 spiro atoms. The summed E-state index contributed by atoms with van der Waals surface area (Å²) >= 11 is 0. The minimum Gasteiger partial charge on any atom is -0.477 e. The third kappa shape index (κ3) is 6.08. The first kappa shape index (κ1) is 21.9. The van der Waals surface area contributed by atoms with Gasteiger partial charge in [0.1, 0.15) is 17.3 Å². The first-order chi connectivity index (χ1) is 14.6. The summed E-state index contributed by atoms with van der Waals surface area (Å²) in [6.45, 7) is 5.24. The van der Waals surface area contributed by atoms with E-state index >= 15 is 0 Å². The Morgan fingerprint density at radius 1 is 1.06 bits per heavy atom. The first-order valence-electron chi connectivity index (χ1n) is 9.81. The van der Waals surface area contributed by atoms with Crippen LogP contribution in [0.1, 0.15) is 36.8 Å². The first-order valence-corrected chi connectivity index (χ1v) is 9.81. The molecule has 1 unspecified atom stereocenters. The zero-order valence-corrected chi connectivity index (χ0v) is 17.6. The second kappa shape index (κ2) is 8.91. The van der Waals surface area contributed by atoms with Gasteiger partial charge in [0.2, 0.25) is 5.91 Å². The Labute approximate surface area is 179 Å². The number of H-pyrrole nitrogens is 1. The molecular formula is C23H25N3O5. The number of aromatic carboxylic acids is 1. The quantitative estimate of drug-likeness (QED) is 0.479. The molecule has 3 rings (SSSR count). The van der Waals surface area contributed by atoms with Gasteiger partial charge in [0, 0.05) is 23.0 Å². The fraction of sp³-hybridized carbons (Fsp3) is 0.261. The highest BCUT2D eigenvalue weighted by molar-refractivity contribution is 6.00. The molecule has 2 aromatic carbocycles. The molecular weight excluding hydrogens is 398 g/mol. The molecule has 0 saturated heterocycles. The number of nitrogens with one attached hydrogen (secondary N) is 3. The number of ether oxygens (including phenoxy) is 1. The van der Waals surface area contributed by atoms with Crippen molar-refractivity contribution in [1.29, 1.82) is 0 Å². The number of carbonyl (C=O) groups excluding carboxylic acids is 2. The van der Waals surface area contributed by atoms with Gasteiger partial charge in [0.15, 0.2) is 0 Å². The molecule has 1 aromatic heterocycles. The van der Waals surface area contributed by atoms with Crippen LogP contribution in [-0.4, -0.2) is 39.7 Å². The van der Waals surface area contributed by atoms with Gasteiger partial charge in [-0.05, 0) is 50.6 Å². The van der Waals surface area contributed by atoms with Crippen molar-refractivity contribution in [1.82, 2.24) is 10.3 Å². The fourth-order valence-corrected chi connectivity index (χ4v) is 3.06. The van der Waals surface area contributed by atoms with Crippen molar-refractivity contribution in [3.8, 4) is 0 Å². The predicted molar refractivity (Wildman–Crippen MR) is 117 cm³/mol. The van der Waals surface area contributed by atoms with Crippen LogP contribution in [-0.2, 0) is 16.0 Å². The number of carbonyl (C=O) groups is 3. The number of amides is 2. The van der Waals surface area contributed by atoms with Gasteiger partial charge in [-0.3, -0.25) is 4.79 Å². The van der Waals surface area contributed by atoms with Crippen molar-refractivity contribution in [3.05, 3.63) is 65.9 Å². The average Bonchev–Trinajstić information content (AvgIpc) is 3.10. The highest BCUT2D eigenvalue weighted by Gasteiger charge is 2.25. The predicted octanol–water partition coefficient (Wildman–Crippen LogP) is 3.94. The molecule has 0 fully saturated rings. The Balaban J connectivity index is 1.78. The average molecular weight is 423 g/mol. The lowest BCUT2D eigenvalue weighted by molar-refractivity contribution is -0.118. The summed E-state index contributed by atoms with van der Waals surface area (Å²) in [5, 5.41) is 15.2. The van der Waals surface area contributed by atoms with Crippen LogP contribution < -0.4 is 10.6 Å². The van der Waals surface area contributed by atoms with E-state index in [0.717, 1.165) is 5.56 Å². The number of benzene rings is 2. The normalized spacial score (nSPS) is 12.2. The van der Waals surface area contributed by atoms with Crippen LogP contribution in [0.25, 0.3) is 10.9 Å². The monoisotopic (exact) mass is 423 g/mol. The number of carboxylic acids is 1. The maximum absolute atomic E-state index is 13.0. The molecule has 0 aliphatic carbocycles. The molecule has 0 saturated carbocycles. The summed E-state index contributed by atoms with van der Waals surface area (Å²) in [6, 6.07) is 15.0. The summed E-state index contributed by atoms with van der Waals surface area (Å²) < 4.78 is 5.30. The minimum absolute atomic E-state index is 0.0621. The van der Waals surface area contributed by atoms with E-state index in [2.05, 4.69) is 15.6 Å². The lowest BCUT2D eigenvalue weighted by Gasteiger charge is -2.23. The lowest BCUT2D eigenvalue weighted by atomic mass is 10.1. The van der Waals surface area contributed by atoms with Crippen molar-refractivity contribution in [2.45, 2.75) is 38.8 Å². The molecule has 0 aliphatic rings. The van der Waals surface area contributed by atoms with Crippen LogP contribution in [0, 0.1) is 0 Å². The Bertz CT molecular complexity index is 1100. The summed E-state index contributed by atoms with van der Waals surface area (Å²) in [7, 11) is 0. The molecule has 31 heavy (non-hydrogen) atoms. The largest absolute Gasteiger partial charge is 0.477 e. The molecule has 1 heterocycles. The van der Waals surface area contributed by atoms with Crippen molar-refractivity contribution < 1.29 is 24.2 Å². The number of aromatic nitrogens is 1. The topological polar surface area (TPSA) is 121 Å². The molecule has 8 nitrogen and oxygen atoms in total. The molecule has 0 aliphatic heterocycles. The summed E-state index contributed by atoms with van der Waals surface area (Å²) in [4.78, 5) is 39.2. The lowest BCUT2D eigenvalue weighted by Crippen LogP contribution is -2.47. The SMILES string of the molecule is CC(C)(C)OC(=O)NC(Cc1ccccc1)C(=O)Nc1ccc2[nH]c(C(=O)O)cc2c1. The van der Waals surface area contributed by atoms with Crippen LogP contribution in [0.3, 0.4) is 0 Å². The standard InChI is InChI=1S/C23H25N3O5/c1-23(2,3)31-22(30)26-18(11-14-7-5-4-6-8-14)20(27)24-16-9-10-17-15(12-16)13-19(25-17)21(28)29/h4-10,12-13,18,25H,11H2,1-3H3,(H,24,27)(H,26,30)(H,28,29). The second-order valence-electron chi connectivity index (χ2n) is 8.17. The van der Waals surface area contributed by atoms with E-state index in [4.69, 9.17) is 9.84 Å². The van der Waals surface area contributed by atoms with Gasteiger partial charge in [-0.1, -0.05) is 30.3 Å². The second-order valence-corrected chi connectivity index (χ2v) is 8.17. The molecule has 8 heteroatoms. The van der Waals surface area contributed by atoms with Crippen molar-refractivity contribution in [2.24, 2.45) is 0 Å². The van der Waals surface area contributed by atoms with Crippen LogP contribution >= 0.6 is 0 Å². The summed E-state index contributed by atoms with van der Waals surface area (Å²) in [5.74, 6) is -1.48. The van der Waals surface area contributed by atoms with Crippen LogP contribution in [0.5, 0.6) is 0 Å². The Morgan fingerprint density at radius 3 is 2.42 bits per heavy atom. The zero-order chi connectivity index (χ0) is 22.6. The van der Waals surface area contributed by atoms with E-state index in [9.17, 15) is 14.4 Å². The van der Waals surface area contributed by atoms with Crippen molar-refractivity contribution in [3.63, 3.8) is 0 Å². The van der Waals surface area contributed by atoms with Crippen molar-refractivity contribution >= 4 is 34.6 Å². The van der Waals surface area contributed by atoms with Gasteiger partial charge in [0.25, 0.3) is 0 Å². The fourth-order valence-electron chi connectivity index (χ4n) is 3.06. The van der Waals surface area contributed by atoms with Crippen LogP contribution in [0.15, 0.2) is 54.6 Å². The smallest absolute Gasteiger partial charge is 0.408 e. The number of aromatic amines is 1. The molecule has 1 atom stereocenters. The number of anilines is 1. The number of fused-ring (bicyclic) bond motifs is 1. The van der Waals surface area contributed by atoms with Gasteiger partial charge in [-0.25, -0.2) is 9.59 Å². The van der Waals surface area contributed by atoms with E-state index in [1.54, 1.807) is 39.0 Å². The van der Waals surface area contributed by atoms with Crippen molar-refractivity contribution in [2.75, 3.05) is 5.32 Å². The summed E-state index contributed by atoms with van der Waals surface area (Å²) in [6.07, 6.45) is -0.405. The van der Waals surface area contributed by atoms with Crippen LogP contribution in [0.2, 0.25) is 0 Å². The van der Waals surface area contributed by atoms with Crippen LogP contribution in [0.4, 0.5) is 10.5 Å². The highest BCUT2D eigenvalue weighted by Crippen LogP contribution is 2.21. The Morgan fingerprint density at radius 2 is 1.77 bits per heavy atom. The molecule has 4 N–H and O–H groups in total. The van der Waals surface area contributed by atoms with E-state index in [1.807, 2.05) is 30.3 Å². The van der Waals surface area contributed by atoms with Gasteiger partial charge in [0.05, 0.1) is 0 Å². The summed E-state index contributed by atoms with van der Waals surface area (Å²) in [5.41, 5.74) is 1.37.